The van der Waals surface area contributed by atoms with Gasteiger partial charge in [-0.15, -0.1) is 0 Å². The molecule has 104 valence electrons. The Kier molecular flexibility index (Phi) is 5.23. The molecular weight excluding hydrogens is 258 g/mol. The highest BCUT2D eigenvalue weighted by atomic mass is 19.1. The van der Waals surface area contributed by atoms with Gasteiger partial charge in [-0.1, -0.05) is 0 Å². The number of imide groups is 1. The molecule has 1 atom stereocenters. The maximum atomic E-state index is 13.3. The third kappa shape index (κ3) is 4.53. The lowest BCUT2D eigenvalue weighted by Gasteiger charge is -2.14. The first-order valence-electron chi connectivity index (χ1n) is 5.64. The van der Waals surface area contributed by atoms with Gasteiger partial charge in [0.05, 0.1) is 0 Å². The zero-order valence-electron chi connectivity index (χ0n) is 10.5. The van der Waals surface area contributed by atoms with Crippen LogP contribution in [-0.2, 0) is 4.79 Å². The molecule has 0 spiro atoms. The second-order valence-corrected chi connectivity index (χ2v) is 3.68. The van der Waals surface area contributed by atoms with Crippen molar-refractivity contribution >= 4 is 11.9 Å². The van der Waals surface area contributed by atoms with Crippen molar-refractivity contribution in [1.82, 2.24) is 10.6 Å². The predicted molar refractivity (Wildman–Crippen MR) is 63.7 cm³/mol. The lowest BCUT2D eigenvalue weighted by Crippen LogP contribution is -2.45. The molecule has 0 fully saturated rings. The van der Waals surface area contributed by atoms with Crippen molar-refractivity contribution < 1.29 is 23.1 Å². The molecule has 7 heteroatoms. The highest BCUT2D eigenvalue weighted by Crippen LogP contribution is 2.18. The summed E-state index contributed by atoms with van der Waals surface area (Å²) in [6.07, 6.45) is -1.09. The van der Waals surface area contributed by atoms with Crippen molar-refractivity contribution in [3.8, 4) is 5.75 Å². The molecule has 0 aliphatic carbocycles. The predicted octanol–water partition coefficient (Wildman–Crippen LogP) is 1.58. The van der Waals surface area contributed by atoms with Gasteiger partial charge >= 0.3 is 6.03 Å². The fourth-order valence-corrected chi connectivity index (χ4v) is 1.23. The summed E-state index contributed by atoms with van der Waals surface area (Å²) in [7, 11) is 0. The fourth-order valence-electron chi connectivity index (χ4n) is 1.23. The van der Waals surface area contributed by atoms with Gasteiger partial charge in [0.1, 0.15) is 5.82 Å². The third-order valence-corrected chi connectivity index (χ3v) is 2.14. The fraction of sp³-hybridized carbons (Fsp3) is 0.333. The average molecular weight is 272 g/mol. The smallest absolute Gasteiger partial charge is 0.321 e. The third-order valence-electron chi connectivity index (χ3n) is 2.14. The molecule has 0 aliphatic rings. The van der Waals surface area contributed by atoms with Crippen LogP contribution in [0.3, 0.4) is 0 Å². The molecule has 2 N–H and O–H groups in total. The number of nitrogens with one attached hydrogen (secondary N) is 2. The summed E-state index contributed by atoms with van der Waals surface area (Å²) in [5.41, 5.74) is 0. The van der Waals surface area contributed by atoms with E-state index in [0.717, 1.165) is 12.1 Å². The van der Waals surface area contributed by atoms with Gasteiger partial charge in [-0.25, -0.2) is 13.6 Å². The molecular formula is C12H14F2N2O3. The van der Waals surface area contributed by atoms with Crippen LogP contribution < -0.4 is 15.4 Å². The lowest BCUT2D eigenvalue weighted by molar-refractivity contribution is -0.126. The van der Waals surface area contributed by atoms with E-state index in [-0.39, 0.29) is 5.75 Å². The van der Waals surface area contributed by atoms with E-state index in [1.165, 1.54) is 6.92 Å². The molecule has 1 aromatic rings. The number of carbonyl (C=O) groups is 2. The highest BCUT2D eigenvalue weighted by Gasteiger charge is 2.18. The first kappa shape index (κ1) is 14.9. The van der Waals surface area contributed by atoms with E-state index in [1.54, 1.807) is 6.92 Å². The normalized spacial score (nSPS) is 11.6. The minimum Gasteiger partial charge on any atom is -0.478 e. The monoisotopic (exact) mass is 272 g/mol. The lowest BCUT2D eigenvalue weighted by atomic mass is 10.3. The molecule has 1 aromatic carbocycles. The van der Waals surface area contributed by atoms with E-state index >= 15 is 0 Å². The van der Waals surface area contributed by atoms with E-state index in [2.05, 4.69) is 5.32 Å². The van der Waals surface area contributed by atoms with Crippen LogP contribution >= 0.6 is 0 Å². The molecule has 0 aliphatic heterocycles. The Labute approximate surface area is 108 Å². The minimum absolute atomic E-state index is 0.264. The summed E-state index contributed by atoms with van der Waals surface area (Å²) in [6.45, 7) is 3.40. The van der Waals surface area contributed by atoms with Crippen molar-refractivity contribution in [2.75, 3.05) is 6.54 Å². The van der Waals surface area contributed by atoms with Crippen LogP contribution in [0.1, 0.15) is 13.8 Å². The molecule has 0 bridgehead atoms. The number of carbonyl (C=O) groups excluding carboxylic acids is 2. The van der Waals surface area contributed by atoms with Crippen molar-refractivity contribution in [2.45, 2.75) is 20.0 Å². The number of halogens is 2. The molecule has 1 rings (SSSR count). The number of rotatable bonds is 4. The zero-order valence-corrected chi connectivity index (χ0v) is 10.5. The number of hydrogen-bond acceptors (Lipinski definition) is 3. The summed E-state index contributed by atoms with van der Waals surface area (Å²) in [5.74, 6) is -2.66. The Balaban J connectivity index is 2.61. The zero-order chi connectivity index (χ0) is 14.4. The van der Waals surface area contributed by atoms with Gasteiger partial charge in [-0.05, 0) is 26.0 Å². The van der Waals surface area contributed by atoms with Gasteiger partial charge in [-0.3, -0.25) is 10.1 Å². The van der Waals surface area contributed by atoms with Gasteiger partial charge < -0.3 is 10.1 Å². The quantitative estimate of drug-likeness (QED) is 0.874. The van der Waals surface area contributed by atoms with E-state index < -0.39 is 29.7 Å². The molecule has 5 nitrogen and oxygen atoms in total. The van der Waals surface area contributed by atoms with Gasteiger partial charge in [-0.2, -0.15) is 0 Å². The van der Waals surface area contributed by atoms with Crippen molar-refractivity contribution in [2.24, 2.45) is 0 Å². The Morgan fingerprint density at radius 1 is 1.37 bits per heavy atom. The van der Waals surface area contributed by atoms with E-state index in [1.807, 2.05) is 5.32 Å². The Morgan fingerprint density at radius 2 is 2.05 bits per heavy atom. The van der Waals surface area contributed by atoms with Crippen LogP contribution in [0.2, 0.25) is 0 Å². The maximum Gasteiger partial charge on any atom is 0.321 e. The summed E-state index contributed by atoms with van der Waals surface area (Å²) in [6, 6.07) is 2.06. The average Bonchev–Trinajstić information content (AvgIpc) is 2.32. The van der Waals surface area contributed by atoms with Gasteiger partial charge in [0, 0.05) is 12.6 Å². The SMILES string of the molecule is CCNC(=O)NC(=O)[C@H](C)Oc1ccc(F)cc1F. The summed E-state index contributed by atoms with van der Waals surface area (Å²) in [4.78, 5) is 22.6. The molecule has 19 heavy (non-hydrogen) atoms. The standard InChI is InChI=1S/C12H14F2N2O3/c1-3-15-12(18)16-11(17)7(2)19-10-5-4-8(13)6-9(10)14/h4-7H,3H2,1-2H3,(H2,15,16,17,18)/t7-/m0/s1. The summed E-state index contributed by atoms with van der Waals surface area (Å²) >= 11 is 0. The second-order valence-electron chi connectivity index (χ2n) is 3.68. The molecule has 0 saturated heterocycles. The molecule has 0 radical (unpaired) electrons. The number of ether oxygens (including phenoxy) is 1. The van der Waals surface area contributed by atoms with Crippen molar-refractivity contribution in [1.29, 1.82) is 0 Å². The van der Waals surface area contributed by atoms with Gasteiger partial charge in [0.15, 0.2) is 17.7 Å². The number of amides is 3. The number of benzene rings is 1. The maximum absolute atomic E-state index is 13.3. The number of urea groups is 1. The van der Waals surface area contributed by atoms with E-state index in [4.69, 9.17) is 4.74 Å². The Hall–Kier alpha value is -2.18. The highest BCUT2D eigenvalue weighted by molar-refractivity contribution is 5.96. The molecule has 0 saturated carbocycles. The van der Waals surface area contributed by atoms with E-state index in [9.17, 15) is 18.4 Å². The van der Waals surface area contributed by atoms with E-state index in [0.29, 0.717) is 12.6 Å². The van der Waals surface area contributed by atoms with Crippen LogP contribution in [-0.4, -0.2) is 24.6 Å². The molecule has 0 aromatic heterocycles. The molecule has 0 unspecified atom stereocenters. The first-order valence-corrected chi connectivity index (χ1v) is 5.64. The Bertz CT molecular complexity index is 480. The van der Waals surface area contributed by atoms with Crippen LogP contribution in [0.15, 0.2) is 18.2 Å². The van der Waals surface area contributed by atoms with Crippen molar-refractivity contribution in [3.05, 3.63) is 29.8 Å². The van der Waals surface area contributed by atoms with Crippen LogP contribution in [0.4, 0.5) is 13.6 Å². The molecule has 3 amide bonds. The first-order chi connectivity index (χ1) is 8.93. The van der Waals surface area contributed by atoms with Crippen LogP contribution in [0, 0.1) is 11.6 Å². The Morgan fingerprint density at radius 3 is 2.63 bits per heavy atom. The minimum atomic E-state index is -1.09. The molecule has 0 heterocycles. The summed E-state index contributed by atoms with van der Waals surface area (Å²) < 4.78 is 31.0. The van der Waals surface area contributed by atoms with Crippen molar-refractivity contribution in [3.63, 3.8) is 0 Å². The second kappa shape index (κ2) is 6.67. The van der Waals surface area contributed by atoms with Gasteiger partial charge in [0.2, 0.25) is 0 Å². The van der Waals surface area contributed by atoms with Gasteiger partial charge in [0.25, 0.3) is 5.91 Å². The topological polar surface area (TPSA) is 67.4 Å². The van der Waals surface area contributed by atoms with Crippen LogP contribution in [0.5, 0.6) is 5.75 Å². The summed E-state index contributed by atoms with van der Waals surface area (Å²) in [5, 5.41) is 4.39. The largest absolute Gasteiger partial charge is 0.478 e. The number of hydrogen-bond donors (Lipinski definition) is 2. The van der Waals surface area contributed by atoms with Crippen LogP contribution in [0.25, 0.3) is 0 Å².